The van der Waals surface area contributed by atoms with Crippen molar-refractivity contribution in [2.75, 3.05) is 24.5 Å². The molecule has 3 rings (SSSR count). The highest BCUT2D eigenvalue weighted by atomic mass is 79.9. The molecule has 1 saturated carbocycles. The zero-order valence-electron chi connectivity index (χ0n) is 10.3. The number of hydrogen-bond acceptors (Lipinski definition) is 2. The summed E-state index contributed by atoms with van der Waals surface area (Å²) in [7, 11) is 0. The van der Waals surface area contributed by atoms with Crippen molar-refractivity contribution in [1.29, 1.82) is 0 Å². The van der Waals surface area contributed by atoms with Gasteiger partial charge in [0, 0.05) is 28.1 Å². The van der Waals surface area contributed by atoms with Gasteiger partial charge in [-0.15, -0.1) is 0 Å². The molecular weight excluding hydrogens is 356 g/mol. The molecule has 98 valence electrons. The number of rotatable bonds is 2. The van der Waals surface area contributed by atoms with Crippen molar-refractivity contribution in [2.24, 2.45) is 5.92 Å². The Hall–Kier alpha value is -0.0600. The van der Waals surface area contributed by atoms with Gasteiger partial charge in [0.15, 0.2) is 0 Å². The largest absolute Gasteiger partial charge is 0.369 e. The van der Waals surface area contributed by atoms with Crippen molar-refractivity contribution in [2.45, 2.75) is 25.3 Å². The van der Waals surface area contributed by atoms with E-state index in [1.54, 1.807) is 0 Å². The van der Waals surface area contributed by atoms with Crippen LogP contribution in [0.4, 0.5) is 5.69 Å². The molecule has 1 N–H and O–H groups in total. The highest BCUT2D eigenvalue weighted by Crippen LogP contribution is 2.36. The van der Waals surface area contributed by atoms with Crippen LogP contribution in [-0.2, 0) is 0 Å². The Kier molecular flexibility index (Phi) is 3.97. The standard InChI is InChI=1S/C14H18Br2N2/c15-11-4-5-14(12(16)8-11)18-7-1-6-17-13(9-18)10-2-3-10/h4-5,8,10,13,17H,1-3,6-7,9H2. The molecule has 0 aromatic heterocycles. The van der Waals surface area contributed by atoms with Crippen LogP contribution in [0.15, 0.2) is 27.1 Å². The average molecular weight is 374 g/mol. The predicted octanol–water partition coefficient (Wildman–Crippen LogP) is 3.79. The van der Waals surface area contributed by atoms with Gasteiger partial charge in [-0.05, 0) is 65.9 Å². The molecule has 4 heteroatoms. The monoisotopic (exact) mass is 372 g/mol. The van der Waals surface area contributed by atoms with E-state index < -0.39 is 0 Å². The van der Waals surface area contributed by atoms with Gasteiger partial charge in [0.1, 0.15) is 0 Å². The first-order chi connectivity index (χ1) is 8.74. The van der Waals surface area contributed by atoms with E-state index in [9.17, 15) is 0 Å². The zero-order chi connectivity index (χ0) is 12.5. The summed E-state index contributed by atoms with van der Waals surface area (Å²) in [5.41, 5.74) is 1.33. The highest BCUT2D eigenvalue weighted by molar-refractivity contribution is 9.11. The molecule has 1 heterocycles. The lowest BCUT2D eigenvalue weighted by atomic mass is 10.1. The summed E-state index contributed by atoms with van der Waals surface area (Å²) in [6.07, 6.45) is 4.05. The third-order valence-electron chi connectivity index (χ3n) is 3.87. The van der Waals surface area contributed by atoms with Crippen molar-refractivity contribution in [3.05, 3.63) is 27.1 Å². The first-order valence-electron chi connectivity index (χ1n) is 6.67. The molecule has 0 bridgehead atoms. The van der Waals surface area contributed by atoms with Gasteiger partial charge in [0.25, 0.3) is 0 Å². The highest BCUT2D eigenvalue weighted by Gasteiger charge is 2.33. The number of nitrogens with one attached hydrogen (secondary N) is 1. The van der Waals surface area contributed by atoms with Gasteiger partial charge in [0.2, 0.25) is 0 Å². The Labute approximate surface area is 125 Å². The number of benzene rings is 1. The predicted molar refractivity (Wildman–Crippen MR) is 83.2 cm³/mol. The summed E-state index contributed by atoms with van der Waals surface area (Å²) in [5, 5.41) is 3.71. The lowest BCUT2D eigenvalue weighted by Gasteiger charge is -2.27. The van der Waals surface area contributed by atoms with E-state index in [4.69, 9.17) is 0 Å². The fraction of sp³-hybridized carbons (Fsp3) is 0.571. The average Bonchev–Trinajstić information content (AvgIpc) is 3.15. The van der Waals surface area contributed by atoms with Crippen LogP contribution in [0, 0.1) is 5.92 Å². The van der Waals surface area contributed by atoms with E-state index in [2.05, 4.69) is 60.3 Å². The lowest BCUT2D eigenvalue weighted by Crippen LogP contribution is -2.39. The minimum absolute atomic E-state index is 0.683. The summed E-state index contributed by atoms with van der Waals surface area (Å²) >= 11 is 7.21. The Morgan fingerprint density at radius 1 is 1.22 bits per heavy atom. The van der Waals surface area contributed by atoms with Crippen molar-refractivity contribution < 1.29 is 0 Å². The molecule has 2 fully saturated rings. The molecular formula is C14H18Br2N2. The smallest absolute Gasteiger partial charge is 0.0511 e. The maximum Gasteiger partial charge on any atom is 0.0511 e. The van der Waals surface area contributed by atoms with E-state index in [1.807, 2.05) is 0 Å². The summed E-state index contributed by atoms with van der Waals surface area (Å²) in [5.74, 6) is 0.917. The zero-order valence-corrected chi connectivity index (χ0v) is 13.5. The van der Waals surface area contributed by atoms with Crippen molar-refractivity contribution in [3.8, 4) is 0 Å². The molecule has 1 unspecified atom stereocenters. The van der Waals surface area contributed by atoms with Gasteiger partial charge in [-0.3, -0.25) is 0 Å². The molecule has 18 heavy (non-hydrogen) atoms. The molecule has 1 aliphatic heterocycles. The normalized spacial score (nSPS) is 25.0. The number of anilines is 1. The van der Waals surface area contributed by atoms with Gasteiger partial charge >= 0.3 is 0 Å². The van der Waals surface area contributed by atoms with Gasteiger partial charge in [0.05, 0.1) is 5.69 Å². The first-order valence-corrected chi connectivity index (χ1v) is 8.26. The number of nitrogens with zero attached hydrogens (tertiary/aromatic N) is 1. The summed E-state index contributed by atoms with van der Waals surface area (Å²) < 4.78 is 2.32. The van der Waals surface area contributed by atoms with Crippen LogP contribution in [0.2, 0.25) is 0 Å². The Balaban J connectivity index is 1.80. The summed E-state index contributed by atoms with van der Waals surface area (Å²) in [6, 6.07) is 7.16. The molecule has 0 amide bonds. The minimum Gasteiger partial charge on any atom is -0.369 e. The second kappa shape index (κ2) is 5.51. The molecule has 2 aliphatic rings. The fourth-order valence-electron chi connectivity index (χ4n) is 2.72. The molecule has 1 atom stereocenters. The fourth-order valence-corrected chi connectivity index (χ4v) is 4.02. The van der Waals surface area contributed by atoms with E-state index in [-0.39, 0.29) is 0 Å². The quantitative estimate of drug-likeness (QED) is 0.848. The van der Waals surface area contributed by atoms with E-state index >= 15 is 0 Å². The van der Waals surface area contributed by atoms with Crippen LogP contribution in [-0.4, -0.2) is 25.7 Å². The molecule has 1 saturated heterocycles. The van der Waals surface area contributed by atoms with Crippen molar-refractivity contribution in [3.63, 3.8) is 0 Å². The molecule has 1 aliphatic carbocycles. The second-order valence-corrected chi connectivity index (χ2v) is 7.06. The number of halogens is 2. The molecule has 0 spiro atoms. The molecule has 1 aromatic rings. The summed E-state index contributed by atoms with van der Waals surface area (Å²) in [4.78, 5) is 2.53. The maximum absolute atomic E-state index is 3.71. The minimum atomic E-state index is 0.683. The van der Waals surface area contributed by atoms with Gasteiger partial charge in [-0.1, -0.05) is 15.9 Å². The molecule has 1 aromatic carbocycles. The van der Waals surface area contributed by atoms with Gasteiger partial charge < -0.3 is 10.2 Å². The van der Waals surface area contributed by atoms with Crippen LogP contribution < -0.4 is 10.2 Å². The van der Waals surface area contributed by atoms with Crippen molar-refractivity contribution in [1.82, 2.24) is 5.32 Å². The SMILES string of the molecule is Brc1ccc(N2CCCNC(C3CC3)C2)c(Br)c1. The van der Waals surface area contributed by atoms with Gasteiger partial charge in [-0.25, -0.2) is 0 Å². The summed E-state index contributed by atoms with van der Waals surface area (Å²) in [6.45, 7) is 3.45. The van der Waals surface area contributed by atoms with Crippen LogP contribution in [0.3, 0.4) is 0 Å². The maximum atomic E-state index is 3.71. The lowest BCUT2D eigenvalue weighted by molar-refractivity contribution is 0.490. The van der Waals surface area contributed by atoms with Crippen LogP contribution in [0.25, 0.3) is 0 Å². The Morgan fingerprint density at radius 2 is 2.06 bits per heavy atom. The van der Waals surface area contributed by atoms with E-state index in [1.165, 1.54) is 29.4 Å². The van der Waals surface area contributed by atoms with Crippen LogP contribution in [0.1, 0.15) is 19.3 Å². The molecule has 2 nitrogen and oxygen atoms in total. The third kappa shape index (κ3) is 2.91. The van der Waals surface area contributed by atoms with E-state index in [0.717, 1.165) is 30.0 Å². The second-order valence-electron chi connectivity index (χ2n) is 5.29. The topological polar surface area (TPSA) is 15.3 Å². The van der Waals surface area contributed by atoms with Crippen LogP contribution >= 0.6 is 31.9 Å². The third-order valence-corrected chi connectivity index (χ3v) is 5.00. The first kappa shape index (κ1) is 12.9. The van der Waals surface area contributed by atoms with Crippen LogP contribution in [0.5, 0.6) is 0 Å². The van der Waals surface area contributed by atoms with Crippen molar-refractivity contribution >= 4 is 37.5 Å². The number of hydrogen-bond donors (Lipinski definition) is 1. The Bertz CT molecular complexity index is 432. The Morgan fingerprint density at radius 3 is 2.78 bits per heavy atom. The molecule has 0 radical (unpaired) electrons. The van der Waals surface area contributed by atoms with Gasteiger partial charge in [-0.2, -0.15) is 0 Å². The van der Waals surface area contributed by atoms with E-state index in [0.29, 0.717) is 6.04 Å².